The standard InChI is InChI=1S/C23H19ClN4O/c24-18-8-4-7-16(11-18)17-12-19-22(21(29)13-17)20(28-23(27-19)25-14-26-28)10-9-15-5-2-1-3-6-15/h1-12,14,17,20,22H,13H2,(H,25,26,27). The first-order valence-electron chi connectivity index (χ1n) is 9.59. The van der Waals surface area contributed by atoms with Gasteiger partial charge in [0.25, 0.3) is 0 Å². The molecule has 5 rings (SSSR count). The third-order valence-corrected chi connectivity index (χ3v) is 5.73. The number of aromatic nitrogens is 3. The van der Waals surface area contributed by atoms with E-state index < -0.39 is 0 Å². The van der Waals surface area contributed by atoms with Crippen molar-refractivity contribution in [1.29, 1.82) is 0 Å². The highest BCUT2D eigenvalue weighted by Crippen LogP contribution is 2.42. The van der Waals surface area contributed by atoms with E-state index in [2.05, 4.69) is 21.5 Å². The maximum atomic E-state index is 13.2. The number of ketones is 1. The summed E-state index contributed by atoms with van der Waals surface area (Å²) in [5.41, 5.74) is 3.01. The Kier molecular flexibility index (Phi) is 4.52. The van der Waals surface area contributed by atoms with Crippen molar-refractivity contribution >= 4 is 29.4 Å². The summed E-state index contributed by atoms with van der Waals surface area (Å²) in [4.78, 5) is 17.6. The van der Waals surface area contributed by atoms with Crippen LogP contribution in [0.15, 0.2) is 78.8 Å². The van der Waals surface area contributed by atoms with Gasteiger partial charge >= 0.3 is 0 Å². The number of Topliss-reactive ketones (excluding diaryl/α,β-unsaturated/α-hetero) is 1. The molecule has 3 unspecified atom stereocenters. The number of allylic oxidation sites excluding steroid dienone is 3. The Balaban J connectivity index is 1.53. The van der Waals surface area contributed by atoms with Gasteiger partial charge in [0, 0.05) is 23.1 Å². The predicted octanol–water partition coefficient (Wildman–Crippen LogP) is 4.87. The van der Waals surface area contributed by atoms with E-state index in [9.17, 15) is 4.79 Å². The van der Waals surface area contributed by atoms with Crippen LogP contribution in [0.3, 0.4) is 0 Å². The van der Waals surface area contributed by atoms with Crippen molar-refractivity contribution in [2.75, 3.05) is 5.32 Å². The SMILES string of the molecule is O=C1CC(c2cccc(Cl)c2)C=C2Nc3ncnn3C(C=Cc3ccccc3)C12. The van der Waals surface area contributed by atoms with Gasteiger partial charge < -0.3 is 5.32 Å². The minimum Gasteiger partial charge on any atom is -0.328 e. The van der Waals surface area contributed by atoms with Gasteiger partial charge in [0.1, 0.15) is 12.1 Å². The fourth-order valence-corrected chi connectivity index (χ4v) is 4.33. The fraction of sp³-hybridized carbons (Fsp3) is 0.174. The third kappa shape index (κ3) is 3.38. The van der Waals surface area contributed by atoms with Crippen LogP contribution in [0.4, 0.5) is 5.95 Å². The van der Waals surface area contributed by atoms with Gasteiger partial charge in [-0.25, -0.2) is 4.68 Å². The Morgan fingerprint density at radius 2 is 2.00 bits per heavy atom. The summed E-state index contributed by atoms with van der Waals surface area (Å²) in [6.07, 6.45) is 8.18. The minimum absolute atomic E-state index is 0.00632. The lowest BCUT2D eigenvalue weighted by Crippen LogP contribution is -2.38. The summed E-state index contributed by atoms with van der Waals surface area (Å²) in [6, 6.07) is 17.5. The lowest BCUT2D eigenvalue weighted by molar-refractivity contribution is -0.123. The lowest BCUT2D eigenvalue weighted by atomic mass is 9.77. The number of benzene rings is 2. The van der Waals surface area contributed by atoms with Gasteiger partial charge in [-0.2, -0.15) is 10.1 Å². The van der Waals surface area contributed by atoms with Crippen molar-refractivity contribution in [2.45, 2.75) is 18.4 Å². The van der Waals surface area contributed by atoms with E-state index in [1.807, 2.05) is 66.7 Å². The van der Waals surface area contributed by atoms with Gasteiger partial charge in [-0.15, -0.1) is 0 Å². The summed E-state index contributed by atoms with van der Waals surface area (Å²) < 4.78 is 1.79. The van der Waals surface area contributed by atoms with Crippen LogP contribution in [0.5, 0.6) is 0 Å². The van der Waals surface area contributed by atoms with E-state index in [-0.39, 0.29) is 23.7 Å². The summed E-state index contributed by atoms with van der Waals surface area (Å²) in [5.74, 6) is 0.520. The molecule has 1 aromatic heterocycles. The van der Waals surface area contributed by atoms with Gasteiger partial charge in [0.15, 0.2) is 0 Å². The normalized spacial score (nSPS) is 23.3. The number of halogens is 1. The molecule has 0 fully saturated rings. The zero-order valence-electron chi connectivity index (χ0n) is 15.6. The van der Waals surface area contributed by atoms with Crippen LogP contribution >= 0.6 is 11.6 Å². The maximum Gasteiger partial charge on any atom is 0.225 e. The number of carbonyl (C=O) groups is 1. The molecule has 144 valence electrons. The molecule has 2 aromatic carbocycles. The van der Waals surface area contributed by atoms with Crippen molar-refractivity contribution in [3.05, 3.63) is 94.9 Å². The number of nitrogens with one attached hydrogen (secondary N) is 1. The van der Waals surface area contributed by atoms with Crippen LogP contribution < -0.4 is 5.32 Å². The Labute approximate surface area is 173 Å². The molecule has 2 aliphatic rings. The van der Waals surface area contributed by atoms with Crippen molar-refractivity contribution in [3.63, 3.8) is 0 Å². The number of nitrogens with zero attached hydrogens (tertiary/aromatic N) is 3. The van der Waals surface area contributed by atoms with E-state index in [0.717, 1.165) is 16.8 Å². The van der Waals surface area contributed by atoms with Crippen molar-refractivity contribution in [3.8, 4) is 0 Å². The largest absolute Gasteiger partial charge is 0.328 e. The zero-order valence-corrected chi connectivity index (χ0v) is 16.3. The van der Waals surface area contributed by atoms with Crippen molar-refractivity contribution in [2.24, 2.45) is 5.92 Å². The molecule has 0 spiro atoms. The van der Waals surface area contributed by atoms with E-state index in [4.69, 9.17) is 11.6 Å². The van der Waals surface area contributed by atoms with Gasteiger partial charge in [0.2, 0.25) is 5.95 Å². The fourth-order valence-electron chi connectivity index (χ4n) is 4.14. The molecule has 0 saturated heterocycles. The first kappa shape index (κ1) is 17.9. The number of hydrogen-bond donors (Lipinski definition) is 1. The molecule has 2 heterocycles. The second-order valence-corrected chi connectivity index (χ2v) is 7.78. The molecule has 3 atom stereocenters. The Morgan fingerprint density at radius 1 is 1.14 bits per heavy atom. The van der Waals surface area contributed by atoms with Crippen LogP contribution in [0.1, 0.15) is 29.5 Å². The van der Waals surface area contributed by atoms with Crippen LogP contribution in [0, 0.1) is 5.92 Å². The minimum atomic E-state index is -0.306. The molecule has 1 aliphatic carbocycles. The first-order valence-corrected chi connectivity index (χ1v) is 9.96. The monoisotopic (exact) mass is 402 g/mol. The second kappa shape index (κ2) is 7.33. The Morgan fingerprint density at radius 3 is 2.83 bits per heavy atom. The summed E-state index contributed by atoms with van der Waals surface area (Å²) in [7, 11) is 0. The highest BCUT2D eigenvalue weighted by Gasteiger charge is 2.41. The molecular formula is C23H19ClN4O. The molecule has 0 amide bonds. The number of carbonyl (C=O) groups excluding carboxylic acids is 1. The van der Waals surface area contributed by atoms with Crippen LogP contribution in [0.2, 0.25) is 5.02 Å². The Hall–Kier alpha value is -3.18. The zero-order chi connectivity index (χ0) is 19.8. The second-order valence-electron chi connectivity index (χ2n) is 7.35. The molecular weight excluding hydrogens is 384 g/mol. The molecule has 0 bridgehead atoms. The average molecular weight is 403 g/mol. The molecule has 6 heteroatoms. The average Bonchev–Trinajstić information content (AvgIpc) is 3.20. The number of rotatable bonds is 3. The highest BCUT2D eigenvalue weighted by molar-refractivity contribution is 6.30. The third-order valence-electron chi connectivity index (χ3n) is 5.50. The van der Waals surface area contributed by atoms with E-state index in [1.54, 1.807) is 4.68 Å². The van der Waals surface area contributed by atoms with Crippen molar-refractivity contribution < 1.29 is 4.79 Å². The molecule has 1 N–H and O–H groups in total. The molecule has 1 aliphatic heterocycles. The molecule has 0 saturated carbocycles. The molecule has 0 radical (unpaired) electrons. The van der Waals surface area contributed by atoms with Crippen LogP contribution in [-0.4, -0.2) is 20.5 Å². The highest BCUT2D eigenvalue weighted by atomic mass is 35.5. The summed E-state index contributed by atoms with van der Waals surface area (Å²) in [5, 5.41) is 8.35. The maximum absolute atomic E-state index is 13.2. The molecule has 5 nitrogen and oxygen atoms in total. The number of fused-ring (bicyclic) bond motifs is 2. The summed E-state index contributed by atoms with van der Waals surface area (Å²) in [6.45, 7) is 0. The van der Waals surface area contributed by atoms with E-state index in [1.165, 1.54) is 6.33 Å². The predicted molar refractivity (Wildman–Crippen MR) is 114 cm³/mol. The molecule has 3 aromatic rings. The van der Waals surface area contributed by atoms with Gasteiger partial charge in [-0.1, -0.05) is 72.3 Å². The Bertz CT molecular complexity index is 1120. The van der Waals surface area contributed by atoms with Crippen LogP contribution in [0.25, 0.3) is 6.08 Å². The first-order chi connectivity index (χ1) is 14.2. The molecule has 29 heavy (non-hydrogen) atoms. The smallest absolute Gasteiger partial charge is 0.225 e. The van der Waals surface area contributed by atoms with E-state index >= 15 is 0 Å². The van der Waals surface area contributed by atoms with Crippen molar-refractivity contribution in [1.82, 2.24) is 14.8 Å². The van der Waals surface area contributed by atoms with Gasteiger partial charge in [-0.05, 0) is 23.3 Å². The van der Waals surface area contributed by atoms with E-state index in [0.29, 0.717) is 17.4 Å². The quantitative estimate of drug-likeness (QED) is 0.679. The topological polar surface area (TPSA) is 59.8 Å². The number of hydrogen-bond acceptors (Lipinski definition) is 4. The summed E-state index contributed by atoms with van der Waals surface area (Å²) >= 11 is 6.16. The lowest BCUT2D eigenvalue weighted by Gasteiger charge is -2.36. The number of anilines is 1. The van der Waals surface area contributed by atoms with Gasteiger partial charge in [0.05, 0.1) is 12.0 Å². The van der Waals surface area contributed by atoms with Gasteiger partial charge in [-0.3, -0.25) is 4.79 Å². The van der Waals surface area contributed by atoms with Crippen LogP contribution in [-0.2, 0) is 4.79 Å².